The number of amides is 3. The maximum absolute atomic E-state index is 13.1. The van der Waals surface area contributed by atoms with Gasteiger partial charge >= 0.3 is 6.03 Å². The van der Waals surface area contributed by atoms with E-state index in [1.165, 1.54) is 16.2 Å². The molecule has 158 valence electrons. The number of carbonyl (C=O) groups excluding carboxylic acids is 2. The number of carbonyl (C=O) groups is 2. The van der Waals surface area contributed by atoms with E-state index < -0.39 is 5.54 Å². The first-order valence-corrected chi connectivity index (χ1v) is 10.9. The van der Waals surface area contributed by atoms with Crippen molar-refractivity contribution in [3.8, 4) is 0 Å². The van der Waals surface area contributed by atoms with E-state index in [9.17, 15) is 9.59 Å². The highest BCUT2D eigenvalue weighted by Crippen LogP contribution is 2.37. The van der Waals surface area contributed by atoms with Crippen LogP contribution in [0.5, 0.6) is 0 Å². The Hall–Kier alpha value is -2.12. The molecule has 1 spiro atoms. The van der Waals surface area contributed by atoms with Crippen LogP contribution in [0.4, 0.5) is 10.5 Å². The molecule has 3 atom stereocenters. The first-order chi connectivity index (χ1) is 14.0. The van der Waals surface area contributed by atoms with Gasteiger partial charge in [0.1, 0.15) is 12.1 Å². The molecule has 3 amide bonds. The van der Waals surface area contributed by atoms with E-state index in [4.69, 9.17) is 4.74 Å². The molecule has 1 aliphatic carbocycles. The van der Waals surface area contributed by atoms with E-state index in [0.29, 0.717) is 6.67 Å². The summed E-state index contributed by atoms with van der Waals surface area (Å²) in [5, 5.41) is 3.04. The lowest BCUT2D eigenvalue weighted by Crippen LogP contribution is -3.09. The molecular formula is C22H33N4O3+. The lowest BCUT2D eigenvalue weighted by molar-refractivity contribution is -0.901. The van der Waals surface area contributed by atoms with Crippen LogP contribution in [0, 0.1) is 5.92 Å². The van der Waals surface area contributed by atoms with Gasteiger partial charge in [-0.1, -0.05) is 31.9 Å². The lowest BCUT2D eigenvalue weighted by Gasteiger charge is -2.36. The average Bonchev–Trinajstić information content (AvgIpc) is 2.96. The van der Waals surface area contributed by atoms with Gasteiger partial charge in [-0.3, -0.25) is 4.79 Å². The van der Waals surface area contributed by atoms with Crippen LogP contribution in [0.3, 0.4) is 0 Å². The Balaban J connectivity index is 1.36. The number of rotatable bonds is 5. The smallest absolute Gasteiger partial charge is 0.329 e. The van der Waals surface area contributed by atoms with E-state index in [1.807, 2.05) is 7.05 Å². The zero-order chi connectivity index (χ0) is 20.4. The molecule has 1 unspecified atom stereocenters. The van der Waals surface area contributed by atoms with Gasteiger partial charge in [-0.15, -0.1) is 0 Å². The summed E-state index contributed by atoms with van der Waals surface area (Å²) in [5.41, 5.74) is 1.75. The maximum atomic E-state index is 13.1. The zero-order valence-electron chi connectivity index (χ0n) is 17.6. The number of hydrogen-bond acceptors (Lipinski definition) is 4. The molecule has 0 aromatic heterocycles. The van der Waals surface area contributed by atoms with Crippen LogP contribution in [-0.4, -0.2) is 62.4 Å². The number of ether oxygens (including phenoxy) is 1. The molecular weight excluding hydrogens is 368 g/mol. The normalized spacial score (nSPS) is 28.7. The molecule has 0 bridgehead atoms. The van der Waals surface area contributed by atoms with Crippen molar-refractivity contribution in [2.24, 2.45) is 5.92 Å². The lowest BCUT2D eigenvalue weighted by atomic mass is 9.73. The third kappa shape index (κ3) is 3.98. The van der Waals surface area contributed by atoms with E-state index in [2.05, 4.69) is 41.4 Å². The van der Waals surface area contributed by atoms with Crippen LogP contribution in [0.1, 0.15) is 38.2 Å². The minimum atomic E-state index is -0.671. The molecule has 0 radical (unpaired) electrons. The van der Waals surface area contributed by atoms with Crippen molar-refractivity contribution in [2.75, 3.05) is 44.9 Å². The van der Waals surface area contributed by atoms with Gasteiger partial charge < -0.3 is 19.9 Å². The molecule has 2 heterocycles. The quantitative estimate of drug-likeness (QED) is 0.723. The maximum Gasteiger partial charge on any atom is 0.329 e. The van der Waals surface area contributed by atoms with Gasteiger partial charge in [0.25, 0.3) is 5.91 Å². The predicted molar refractivity (Wildman–Crippen MR) is 111 cm³/mol. The predicted octanol–water partition coefficient (Wildman–Crippen LogP) is 0.996. The average molecular weight is 402 g/mol. The number of benzene rings is 1. The largest absolute Gasteiger partial charge is 0.378 e. The van der Waals surface area contributed by atoms with Crippen molar-refractivity contribution in [2.45, 2.75) is 44.7 Å². The van der Waals surface area contributed by atoms with Gasteiger partial charge in [-0.2, -0.15) is 0 Å². The second-order valence-corrected chi connectivity index (χ2v) is 8.84. The Bertz CT molecular complexity index is 747. The molecule has 4 rings (SSSR count). The van der Waals surface area contributed by atoms with E-state index in [0.717, 1.165) is 63.4 Å². The molecule has 2 aliphatic heterocycles. The molecule has 7 heteroatoms. The monoisotopic (exact) mass is 401 g/mol. The fraction of sp³-hybridized carbons (Fsp3) is 0.636. The third-order valence-electron chi connectivity index (χ3n) is 6.75. The first kappa shape index (κ1) is 20.2. The summed E-state index contributed by atoms with van der Waals surface area (Å²) < 4.78 is 5.42. The molecule has 29 heavy (non-hydrogen) atoms. The highest BCUT2D eigenvalue weighted by Gasteiger charge is 2.55. The van der Waals surface area contributed by atoms with Crippen molar-refractivity contribution >= 4 is 17.6 Å². The number of quaternary nitrogens is 1. The van der Waals surface area contributed by atoms with Gasteiger partial charge in [0, 0.05) is 24.3 Å². The van der Waals surface area contributed by atoms with Crippen molar-refractivity contribution in [3.63, 3.8) is 0 Å². The van der Waals surface area contributed by atoms with Crippen molar-refractivity contribution in [1.82, 2.24) is 10.2 Å². The highest BCUT2D eigenvalue weighted by molar-refractivity contribution is 6.07. The van der Waals surface area contributed by atoms with E-state index in [-0.39, 0.29) is 17.9 Å². The Kier molecular flexibility index (Phi) is 5.79. The third-order valence-corrected chi connectivity index (χ3v) is 6.75. The van der Waals surface area contributed by atoms with Crippen LogP contribution in [0.15, 0.2) is 24.3 Å². The minimum absolute atomic E-state index is 0.0308. The van der Waals surface area contributed by atoms with Crippen LogP contribution in [0.25, 0.3) is 0 Å². The summed E-state index contributed by atoms with van der Waals surface area (Å²) in [4.78, 5) is 30.6. The second kappa shape index (κ2) is 8.32. The van der Waals surface area contributed by atoms with Crippen molar-refractivity contribution in [1.29, 1.82) is 0 Å². The fourth-order valence-corrected chi connectivity index (χ4v) is 4.96. The summed E-state index contributed by atoms with van der Waals surface area (Å²) in [5.74, 6) is 0.169. The Morgan fingerprint density at radius 2 is 1.90 bits per heavy atom. The van der Waals surface area contributed by atoms with Crippen LogP contribution < -0.4 is 15.1 Å². The minimum Gasteiger partial charge on any atom is -0.378 e. The number of imide groups is 1. The standard InChI is InChI=1S/C22H32N4O3/c1-17-5-3-4-10-22(17)20(27)26(21(28)23-22)16-24(2)15-18-6-8-19(9-7-18)25-11-13-29-14-12-25/h6-9,17H,3-5,10-16H2,1-2H3,(H,23,28)/p+1/t17-,22-/m0/s1. The van der Waals surface area contributed by atoms with Gasteiger partial charge in [0.2, 0.25) is 0 Å². The molecule has 1 aromatic rings. The SMILES string of the molecule is C[C@H]1CCCC[C@]12NC(=O)N(C[NH+](C)Cc1ccc(N3CCOCC3)cc1)C2=O. The second-order valence-electron chi connectivity index (χ2n) is 8.84. The molecule has 2 N–H and O–H groups in total. The molecule has 2 saturated heterocycles. The van der Waals surface area contributed by atoms with Crippen LogP contribution in [-0.2, 0) is 16.1 Å². The number of anilines is 1. The van der Waals surface area contributed by atoms with Crippen molar-refractivity contribution in [3.05, 3.63) is 29.8 Å². The van der Waals surface area contributed by atoms with Crippen molar-refractivity contribution < 1.29 is 19.2 Å². The zero-order valence-corrected chi connectivity index (χ0v) is 17.6. The molecule has 7 nitrogen and oxygen atoms in total. The molecule has 1 aromatic carbocycles. The van der Waals surface area contributed by atoms with Gasteiger partial charge in [-0.25, -0.2) is 9.69 Å². The summed E-state index contributed by atoms with van der Waals surface area (Å²) in [7, 11) is 2.03. The van der Waals surface area contributed by atoms with Crippen LogP contribution >= 0.6 is 0 Å². The first-order valence-electron chi connectivity index (χ1n) is 10.9. The van der Waals surface area contributed by atoms with Gasteiger partial charge in [-0.05, 0) is 30.9 Å². The fourth-order valence-electron chi connectivity index (χ4n) is 4.96. The number of nitrogens with zero attached hydrogens (tertiary/aromatic N) is 2. The van der Waals surface area contributed by atoms with E-state index >= 15 is 0 Å². The van der Waals surface area contributed by atoms with E-state index in [1.54, 1.807) is 0 Å². The summed E-state index contributed by atoms with van der Waals surface area (Å²) >= 11 is 0. The topological polar surface area (TPSA) is 66.3 Å². The number of urea groups is 1. The molecule has 3 aliphatic rings. The van der Waals surface area contributed by atoms with Gasteiger partial charge in [0.05, 0.1) is 20.3 Å². The molecule has 1 saturated carbocycles. The summed E-state index contributed by atoms with van der Waals surface area (Å²) in [6.07, 6.45) is 3.90. The Morgan fingerprint density at radius 3 is 2.59 bits per heavy atom. The van der Waals surface area contributed by atoms with Crippen LogP contribution in [0.2, 0.25) is 0 Å². The highest BCUT2D eigenvalue weighted by atomic mass is 16.5. The van der Waals surface area contributed by atoms with Gasteiger partial charge in [0.15, 0.2) is 6.67 Å². The Morgan fingerprint density at radius 1 is 1.17 bits per heavy atom. The Labute approximate surface area is 173 Å². The summed E-state index contributed by atoms with van der Waals surface area (Å²) in [6.45, 7) is 6.66. The summed E-state index contributed by atoms with van der Waals surface area (Å²) in [6, 6.07) is 8.36. The number of nitrogens with one attached hydrogen (secondary N) is 2. The number of hydrogen-bond donors (Lipinski definition) is 2. The molecule has 3 fully saturated rings. The number of morpholine rings is 1.